The minimum Gasteiger partial charge on any atom is -0.326 e. The molecule has 7 heteroatoms. The van der Waals surface area contributed by atoms with E-state index >= 15 is 0 Å². The van der Waals surface area contributed by atoms with Crippen LogP contribution in [0.3, 0.4) is 0 Å². The summed E-state index contributed by atoms with van der Waals surface area (Å²) in [5.41, 5.74) is 0.578. The number of amides is 1. The summed E-state index contributed by atoms with van der Waals surface area (Å²) in [6.07, 6.45) is 0.795. The molecule has 1 unspecified atom stereocenters. The molecular weight excluding hydrogens is 266 g/mol. The zero-order valence-corrected chi connectivity index (χ0v) is 11.5. The van der Waals surface area contributed by atoms with Crippen LogP contribution in [0.1, 0.15) is 13.3 Å². The fourth-order valence-corrected chi connectivity index (χ4v) is 3.23. The average molecular weight is 283 g/mol. The predicted octanol–water partition coefficient (Wildman–Crippen LogP) is 0.285. The molecule has 1 heterocycles. The molecule has 1 fully saturated rings. The predicted molar refractivity (Wildman–Crippen MR) is 72.3 cm³/mol. The lowest BCUT2D eigenvalue weighted by Gasteiger charge is -2.12. The Labute approximate surface area is 112 Å². The van der Waals surface area contributed by atoms with E-state index in [1.807, 2.05) is 0 Å². The zero-order valence-electron chi connectivity index (χ0n) is 10.6. The monoisotopic (exact) mass is 283 g/mol. The minimum atomic E-state index is -3.49. The number of hydrogen-bond donors (Lipinski definition) is 3. The van der Waals surface area contributed by atoms with Crippen LogP contribution in [0.4, 0.5) is 5.69 Å². The summed E-state index contributed by atoms with van der Waals surface area (Å²) in [4.78, 5) is 11.1. The number of rotatable bonds is 4. The Balaban J connectivity index is 2.09. The molecule has 0 spiro atoms. The number of nitrogens with one attached hydrogen (secondary N) is 3. The van der Waals surface area contributed by atoms with Gasteiger partial charge >= 0.3 is 0 Å². The Morgan fingerprint density at radius 1 is 1.32 bits per heavy atom. The van der Waals surface area contributed by atoms with Crippen molar-refractivity contribution in [3.05, 3.63) is 24.3 Å². The summed E-state index contributed by atoms with van der Waals surface area (Å²) in [7, 11) is -3.49. The molecule has 2 rings (SSSR count). The largest absolute Gasteiger partial charge is 0.326 e. The van der Waals surface area contributed by atoms with E-state index in [0.717, 1.165) is 13.0 Å². The first-order valence-electron chi connectivity index (χ1n) is 6.08. The summed E-state index contributed by atoms with van der Waals surface area (Å²) in [6.45, 7) is 2.89. The van der Waals surface area contributed by atoms with E-state index in [1.54, 1.807) is 12.1 Å². The number of carbonyl (C=O) groups excluding carboxylic acids is 1. The van der Waals surface area contributed by atoms with Gasteiger partial charge in [0.2, 0.25) is 15.9 Å². The van der Waals surface area contributed by atoms with Gasteiger partial charge < -0.3 is 10.6 Å². The molecule has 1 aromatic carbocycles. The topological polar surface area (TPSA) is 87.3 Å². The van der Waals surface area contributed by atoms with Crippen LogP contribution in [-0.2, 0) is 14.8 Å². The van der Waals surface area contributed by atoms with Crippen molar-refractivity contribution in [3.8, 4) is 0 Å². The van der Waals surface area contributed by atoms with E-state index in [9.17, 15) is 13.2 Å². The summed E-state index contributed by atoms with van der Waals surface area (Å²) < 4.78 is 26.8. The molecule has 1 amide bonds. The van der Waals surface area contributed by atoms with Crippen LogP contribution in [-0.4, -0.2) is 33.5 Å². The molecule has 6 nitrogen and oxygen atoms in total. The third-order valence-corrected chi connectivity index (χ3v) is 4.40. The van der Waals surface area contributed by atoms with Gasteiger partial charge in [0.05, 0.1) is 4.90 Å². The van der Waals surface area contributed by atoms with Crippen molar-refractivity contribution < 1.29 is 13.2 Å². The van der Waals surface area contributed by atoms with Gasteiger partial charge in [0.1, 0.15) is 0 Å². The first kappa shape index (κ1) is 14.0. The molecule has 0 radical (unpaired) electrons. The van der Waals surface area contributed by atoms with Gasteiger partial charge in [-0.3, -0.25) is 4.79 Å². The molecule has 0 saturated carbocycles. The molecule has 1 aromatic rings. The van der Waals surface area contributed by atoms with Crippen LogP contribution in [0.2, 0.25) is 0 Å². The number of benzene rings is 1. The molecule has 1 saturated heterocycles. The van der Waals surface area contributed by atoms with Crippen molar-refractivity contribution in [2.75, 3.05) is 18.4 Å². The van der Waals surface area contributed by atoms with Crippen molar-refractivity contribution in [3.63, 3.8) is 0 Å². The van der Waals surface area contributed by atoms with Crippen molar-refractivity contribution in [1.82, 2.24) is 10.0 Å². The third-order valence-electron chi connectivity index (χ3n) is 2.87. The molecule has 1 atom stereocenters. The Hall–Kier alpha value is -1.44. The summed E-state index contributed by atoms with van der Waals surface area (Å²) in [5.74, 6) is -0.189. The maximum absolute atomic E-state index is 12.1. The average Bonchev–Trinajstić information content (AvgIpc) is 2.81. The van der Waals surface area contributed by atoms with Gasteiger partial charge in [-0.1, -0.05) is 0 Å². The smallest absolute Gasteiger partial charge is 0.240 e. The second kappa shape index (κ2) is 5.68. The van der Waals surface area contributed by atoms with Gasteiger partial charge in [0.25, 0.3) is 0 Å². The standard InChI is InChI=1S/C12H17N3O3S/c1-9(16)14-10-2-4-12(5-3-10)19(17,18)15-11-6-7-13-8-11/h2-5,11,13,15H,6-8H2,1H3,(H,14,16). The molecule has 0 aliphatic carbocycles. The lowest BCUT2D eigenvalue weighted by Crippen LogP contribution is -2.36. The van der Waals surface area contributed by atoms with Crippen LogP contribution in [0.15, 0.2) is 29.2 Å². The van der Waals surface area contributed by atoms with E-state index in [0.29, 0.717) is 12.2 Å². The molecule has 3 N–H and O–H groups in total. The number of sulfonamides is 1. The highest BCUT2D eigenvalue weighted by atomic mass is 32.2. The van der Waals surface area contributed by atoms with Gasteiger partial charge in [-0.05, 0) is 37.2 Å². The number of hydrogen-bond acceptors (Lipinski definition) is 4. The van der Waals surface area contributed by atoms with Crippen molar-refractivity contribution >= 4 is 21.6 Å². The molecule has 1 aliphatic rings. The van der Waals surface area contributed by atoms with E-state index in [-0.39, 0.29) is 16.8 Å². The highest BCUT2D eigenvalue weighted by Gasteiger charge is 2.22. The van der Waals surface area contributed by atoms with E-state index < -0.39 is 10.0 Å². The fourth-order valence-electron chi connectivity index (χ4n) is 1.96. The maximum Gasteiger partial charge on any atom is 0.240 e. The van der Waals surface area contributed by atoms with Gasteiger partial charge in [-0.15, -0.1) is 0 Å². The summed E-state index contributed by atoms with van der Waals surface area (Å²) in [5, 5.41) is 5.70. The zero-order chi connectivity index (χ0) is 13.9. The number of anilines is 1. The van der Waals surface area contributed by atoms with Gasteiger partial charge in [0.15, 0.2) is 0 Å². The maximum atomic E-state index is 12.1. The summed E-state index contributed by atoms with van der Waals surface area (Å²) >= 11 is 0. The van der Waals surface area contributed by atoms with E-state index in [4.69, 9.17) is 0 Å². The first-order valence-corrected chi connectivity index (χ1v) is 7.56. The summed E-state index contributed by atoms with van der Waals surface area (Å²) in [6, 6.07) is 6.05. The van der Waals surface area contributed by atoms with E-state index in [2.05, 4.69) is 15.4 Å². The van der Waals surface area contributed by atoms with E-state index in [1.165, 1.54) is 19.1 Å². The third kappa shape index (κ3) is 3.76. The lowest BCUT2D eigenvalue weighted by molar-refractivity contribution is -0.114. The molecule has 0 aromatic heterocycles. The Morgan fingerprint density at radius 3 is 2.53 bits per heavy atom. The first-order chi connectivity index (χ1) is 8.97. The van der Waals surface area contributed by atoms with Crippen molar-refractivity contribution in [1.29, 1.82) is 0 Å². The van der Waals surface area contributed by atoms with Crippen molar-refractivity contribution in [2.45, 2.75) is 24.3 Å². The second-order valence-corrected chi connectivity index (χ2v) is 6.23. The SMILES string of the molecule is CC(=O)Nc1ccc(S(=O)(=O)NC2CCNC2)cc1. The molecule has 1 aliphatic heterocycles. The number of carbonyl (C=O) groups is 1. The molecule has 19 heavy (non-hydrogen) atoms. The van der Waals surface area contributed by atoms with Crippen LogP contribution in [0.25, 0.3) is 0 Å². The van der Waals surface area contributed by atoms with Gasteiger partial charge in [-0.25, -0.2) is 13.1 Å². The van der Waals surface area contributed by atoms with Crippen LogP contribution < -0.4 is 15.4 Å². The Kier molecular flexibility index (Phi) is 4.18. The quantitative estimate of drug-likeness (QED) is 0.741. The molecule has 0 bridgehead atoms. The normalized spacial score (nSPS) is 19.3. The van der Waals surface area contributed by atoms with Crippen LogP contribution in [0, 0.1) is 0 Å². The Bertz CT molecular complexity index is 548. The van der Waals surface area contributed by atoms with Crippen LogP contribution in [0.5, 0.6) is 0 Å². The highest BCUT2D eigenvalue weighted by molar-refractivity contribution is 7.89. The molecular formula is C12H17N3O3S. The molecule has 104 valence electrons. The second-order valence-electron chi connectivity index (χ2n) is 4.52. The minimum absolute atomic E-state index is 0.0555. The van der Waals surface area contributed by atoms with Crippen LogP contribution >= 0.6 is 0 Å². The lowest BCUT2D eigenvalue weighted by atomic mass is 10.3. The Morgan fingerprint density at radius 2 is 2.00 bits per heavy atom. The highest BCUT2D eigenvalue weighted by Crippen LogP contribution is 2.15. The van der Waals surface area contributed by atoms with Crippen molar-refractivity contribution in [2.24, 2.45) is 0 Å². The van der Waals surface area contributed by atoms with Gasteiger partial charge in [0, 0.05) is 25.2 Å². The fraction of sp³-hybridized carbons (Fsp3) is 0.417. The van der Waals surface area contributed by atoms with Gasteiger partial charge in [-0.2, -0.15) is 0 Å².